The third kappa shape index (κ3) is 2.12. The summed E-state index contributed by atoms with van der Waals surface area (Å²) in [6, 6.07) is 9.89. The number of anilines is 1. The normalized spacial score (nSPS) is 10.7. The van der Waals surface area contributed by atoms with Crippen LogP contribution >= 0.6 is 11.6 Å². The van der Waals surface area contributed by atoms with Crippen LogP contribution in [0.5, 0.6) is 0 Å². The molecule has 2 N–H and O–H groups in total. The van der Waals surface area contributed by atoms with Gasteiger partial charge in [-0.3, -0.25) is 0 Å². The zero-order valence-corrected chi connectivity index (χ0v) is 10.1. The highest BCUT2D eigenvalue weighted by Gasteiger charge is 2.05. The number of para-hydroxylation sites is 1. The minimum absolute atomic E-state index is 0.501. The molecule has 3 rings (SSSR count). The van der Waals surface area contributed by atoms with Gasteiger partial charge in [0, 0.05) is 17.5 Å². The van der Waals surface area contributed by atoms with Gasteiger partial charge in [-0.05, 0) is 12.1 Å². The Morgan fingerprint density at radius 2 is 2.17 bits per heavy atom. The second kappa shape index (κ2) is 4.62. The van der Waals surface area contributed by atoms with Crippen molar-refractivity contribution in [3.05, 3.63) is 47.4 Å². The summed E-state index contributed by atoms with van der Waals surface area (Å²) in [6.45, 7) is 0.547. The summed E-state index contributed by atoms with van der Waals surface area (Å²) >= 11 is 6.15. The maximum atomic E-state index is 6.15. The monoisotopic (exact) mass is 259 g/mol. The topological polar surface area (TPSA) is 66.5 Å². The molecule has 2 heterocycles. The summed E-state index contributed by atoms with van der Waals surface area (Å²) in [7, 11) is 0. The van der Waals surface area contributed by atoms with E-state index in [1.165, 1.54) is 6.33 Å². The third-order valence-electron chi connectivity index (χ3n) is 2.61. The van der Waals surface area contributed by atoms with Crippen LogP contribution in [0, 0.1) is 0 Å². The van der Waals surface area contributed by atoms with E-state index < -0.39 is 0 Å². The van der Waals surface area contributed by atoms with Crippen LogP contribution in [0.25, 0.3) is 10.9 Å². The van der Waals surface area contributed by atoms with Crippen LogP contribution < -0.4 is 5.32 Å². The lowest BCUT2D eigenvalue weighted by Gasteiger charge is -2.06. The molecule has 0 saturated carbocycles. The number of halogens is 1. The Bertz CT molecular complexity index is 665. The summed E-state index contributed by atoms with van der Waals surface area (Å²) in [5.41, 5.74) is 1.82. The molecule has 3 aromatic rings. The van der Waals surface area contributed by atoms with E-state index in [4.69, 9.17) is 11.6 Å². The van der Waals surface area contributed by atoms with Gasteiger partial charge in [-0.1, -0.05) is 29.8 Å². The molecule has 0 radical (unpaired) electrons. The van der Waals surface area contributed by atoms with Crippen LogP contribution in [0.3, 0.4) is 0 Å². The van der Waals surface area contributed by atoms with Crippen molar-refractivity contribution in [3.8, 4) is 0 Å². The molecule has 6 heteroatoms. The molecular weight excluding hydrogens is 250 g/mol. The number of nitrogens with zero attached hydrogens (tertiary/aromatic N) is 3. The van der Waals surface area contributed by atoms with E-state index in [-0.39, 0.29) is 0 Å². The SMILES string of the molecule is Clc1nc2ccccc2cc1CNc1ncn[nH]1. The molecule has 0 aliphatic rings. The number of fused-ring (bicyclic) bond motifs is 1. The lowest BCUT2D eigenvalue weighted by atomic mass is 10.1. The highest BCUT2D eigenvalue weighted by Crippen LogP contribution is 2.20. The lowest BCUT2D eigenvalue weighted by Crippen LogP contribution is -2.02. The first-order valence-electron chi connectivity index (χ1n) is 5.46. The van der Waals surface area contributed by atoms with Gasteiger partial charge in [-0.2, -0.15) is 5.10 Å². The van der Waals surface area contributed by atoms with E-state index in [2.05, 4.69) is 25.5 Å². The molecule has 0 aliphatic carbocycles. The zero-order valence-electron chi connectivity index (χ0n) is 9.39. The Kier molecular flexibility index (Phi) is 2.82. The number of pyridine rings is 1. The number of nitrogens with one attached hydrogen (secondary N) is 2. The number of hydrogen-bond acceptors (Lipinski definition) is 4. The van der Waals surface area contributed by atoms with Crippen LogP contribution in [-0.4, -0.2) is 20.2 Å². The van der Waals surface area contributed by atoms with E-state index in [0.717, 1.165) is 16.5 Å². The van der Waals surface area contributed by atoms with Crippen LogP contribution in [0.4, 0.5) is 5.95 Å². The molecule has 18 heavy (non-hydrogen) atoms. The molecule has 0 fully saturated rings. The van der Waals surface area contributed by atoms with Crippen LogP contribution in [0.2, 0.25) is 5.15 Å². The fraction of sp³-hybridized carbons (Fsp3) is 0.0833. The van der Waals surface area contributed by atoms with Gasteiger partial charge in [0.25, 0.3) is 0 Å². The highest BCUT2D eigenvalue weighted by molar-refractivity contribution is 6.30. The Morgan fingerprint density at radius 3 is 3.00 bits per heavy atom. The van der Waals surface area contributed by atoms with E-state index in [0.29, 0.717) is 17.6 Å². The fourth-order valence-electron chi connectivity index (χ4n) is 1.73. The van der Waals surface area contributed by atoms with Gasteiger partial charge in [-0.15, -0.1) is 0 Å². The Balaban J connectivity index is 1.89. The van der Waals surface area contributed by atoms with Crippen molar-refractivity contribution in [2.24, 2.45) is 0 Å². The molecule has 0 aliphatic heterocycles. The average molecular weight is 260 g/mol. The summed E-state index contributed by atoms with van der Waals surface area (Å²) in [6.07, 6.45) is 1.45. The van der Waals surface area contributed by atoms with E-state index in [9.17, 15) is 0 Å². The van der Waals surface area contributed by atoms with Crippen LogP contribution in [0.15, 0.2) is 36.7 Å². The van der Waals surface area contributed by atoms with Gasteiger partial charge in [0.1, 0.15) is 11.5 Å². The molecule has 0 unspecified atom stereocenters. The minimum Gasteiger partial charge on any atom is -0.350 e. The highest BCUT2D eigenvalue weighted by atomic mass is 35.5. The number of aromatic nitrogens is 4. The van der Waals surface area contributed by atoms with E-state index >= 15 is 0 Å². The number of rotatable bonds is 3. The predicted octanol–water partition coefficient (Wildman–Crippen LogP) is 2.62. The number of benzene rings is 1. The first-order chi connectivity index (χ1) is 8.83. The van der Waals surface area contributed by atoms with Gasteiger partial charge >= 0.3 is 0 Å². The van der Waals surface area contributed by atoms with Crippen molar-refractivity contribution in [2.45, 2.75) is 6.54 Å². The minimum atomic E-state index is 0.501. The van der Waals surface area contributed by atoms with Gasteiger partial charge in [0.2, 0.25) is 5.95 Å². The Hall–Kier alpha value is -2.14. The van der Waals surface area contributed by atoms with Crippen molar-refractivity contribution in [1.29, 1.82) is 0 Å². The van der Waals surface area contributed by atoms with E-state index in [1.807, 2.05) is 30.3 Å². The van der Waals surface area contributed by atoms with Gasteiger partial charge in [0.05, 0.1) is 5.52 Å². The Labute approximate surface area is 108 Å². The van der Waals surface area contributed by atoms with Gasteiger partial charge < -0.3 is 5.32 Å². The molecule has 0 saturated heterocycles. The van der Waals surface area contributed by atoms with Crippen LogP contribution in [-0.2, 0) is 6.54 Å². The van der Waals surface area contributed by atoms with Crippen molar-refractivity contribution < 1.29 is 0 Å². The smallest absolute Gasteiger partial charge is 0.218 e. The standard InChI is InChI=1S/C12H10ClN5/c13-11-9(6-14-12-15-7-16-18-12)5-8-3-1-2-4-10(8)17-11/h1-5,7H,6H2,(H2,14,15,16,18). The second-order valence-electron chi connectivity index (χ2n) is 3.82. The van der Waals surface area contributed by atoms with Gasteiger partial charge in [0.15, 0.2) is 0 Å². The first-order valence-corrected chi connectivity index (χ1v) is 5.84. The maximum absolute atomic E-state index is 6.15. The Morgan fingerprint density at radius 1 is 1.28 bits per heavy atom. The average Bonchev–Trinajstić information content (AvgIpc) is 2.89. The fourth-order valence-corrected chi connectivity index (χ4v) is 1.94. The summed E-state index contributed by atoms with van der Waals surface area (Å²) in [4.78, 5) is 8.34. The molecule has 0 spiro atoms. The van der Waals surface area contributed by atoms with Crippen molar-refractivity contribution in [1.82, 2.24) is 20.2 Å². The largest absolute Gasteiger partial charge is 0.350 e. The number of hydrogen-bond donors (Lipinski definition) is 2. The van der Waals surface area contributed by atoms with Crippen molar-refractivity contribution in [3.63, 3.8) is 0 Å². The van der Waals surface area contributed by atoms with Gasteiger partial charge in [-0.25, -0.2) is 15.1 Å². The molecule has 0 bridgehead atoms. The predicted molar refractivity (Wildman–Crippen MR) is 70.5 cm³/mol. The summed E-state index contributed by atoms with van der Waals surface area (Å²) in [5.74, 6) is 0.610. The molecule has 1 aromatic carbocycles. The first kappa shape index (κ1) is 11.0. The summed E-state index contributed by atoms with van der Waals surface area (Å²) < 4.78 is 0. The van der Waals surface area contributed by atoms with Crippen molar-refractivity contribution >= 4 is 28.5 Å². The van der Waals surface area contributed by atoms with Crippen molar-refractivity contribution in [2.75, 3.05) is 5.32 Å². The molecular formula is C12H10ClN5. The lowest BCUT2D eigenvalue weighted by molar-refractivity contribution is 1.04. The van der Waals surface area contributed by atoms with E-state index in [1.54, 1.807) is 0 Å². The molecule has 0 atom stereocenters. The molecule has 2 aromatic heterocycles. The second-order valence-corrected chi connectivity index (χ2v) is 4.18. The zero-order chi connectivity index (χ0) is 12.4. The third-order valence-corrected chi connectivity index (χ3v) is 2.94. The number of H-pyrrole nitrogens is 1. The maximum Gasteiger partial charge on any atom is 0.218 e. The number of aromatic amines is 1. The summed E-state index contributed by atoms with van der Waals surface area (Å²) in [5, 5.41) is 11.1. The van der Waals surface area contributed by atoms with Crippen LogP contribution in [0.1, 0.15) is 5.56 Å². The molecule has 0 amide bonds. The quantitative estimate of drug-likeness (QED) is 0.710. The molecule has 5 nitrogen and oxygen atoms in total. The molecule has 90 valence electrons.